The lowest BCUT2D eigenvalue weighted by molar-refractivity contribution is 0.624. The lowest BCUT2D eigenvalue weighted by Gasteiger charge is -2.11. The lowest BCUT2D eigenvalue weighted by atomic mass is 10.2. The standard InChI is InChI=1S/C16H17BrFNS/c1-2-8-19-11-12-9-13(17)6-7-16(12)20-15-5-3-4-14(18)10-15/h3-7,9-10,19H,2,8,11H2,1H3. The van der Waals surface area contributed by atoms with E-state index in [4.69, 9.17) is 0 Å². The first-order chi connectivity index (χ1) is 9.69. The molecule has 0 heterocycles. The van der Waals surface area contributed by atoms with Crippen LogP contribution in [0.3, 0.4) is 0 Å². The van der Waals surface area contributed by atoms with Gasteiger partial charge in [0.1, 0.15) is 5.82 Å². The van der Waals surface area contributed by atoms with Gasteiger partial charge in [-0.25, -0.2) is 4.39 Å². The summed E-state index contributed by atoms with van der Waals surface area (Å²) in [6.07, 6.45) is 1.11. The molecule has 0 radical (unpaired) electrons. The largest absolute Gasteiger partial charge is 0.313 e. The molecule has 0 atom stereocenters. The summed E-state index contributed by atoms with van der Waals surface area (Å²) < 4.78 is 14.3. The summed E-state index contributed by atoms with van der Waals surface area (Å²) in [5, 5.41) is 3.41. The van der Waals surface area contributed by atoms with Crippen LogP contribution >= 0.6 is 27.7 Å². The minimum Gasteiger partial charge on any atom is -0.313 e. The Labute approximate surface area is 132 Å². The van der Waals surface area contributed by atoms with Crippen molar-refractivity contribution < 1.29 is 4.39 Å². The number of halogens is 2. The Morgan fingerprint density at radius 2 is 2.05 bits per heavy atom. The van der Waals surface area contributed by atoms with E-state index in [9.17, 15) is 4.39 Å². The Hall–Kier alpha value is -0.840. The summed E-state index contributed by atoms with van der Waals surface area (Å²) in [6, 6.07) is 12.9. The normalized spacial score (nSPS) is 10.8. The first kappa shape index (κ1) is 15.5. The van der Waals surface area contributed by atoms with E-state index in [0.717, 1.165) is 33.8 Å². The van der Waals surface area contributed by atoms with Crippen LogP contribution in [0.15, 0.2) is 56.7 Å². The van der Waals surface area contributed by atoms with Gasteiger partial charge in [-0.3, -0.25) is 0 Å². The summed E-state index contributed by atoms with van der Waals surface area (Å²) in [6.45, 7) is 3.97. The van der Waals surface area contributed by atoms with Gasteiger partial charge < -0.3 is 5.32 Å². The molecular weight excluding hydrogens is 337 g/mol. The van der Waals surface area contributed by atoms with E-state index in [-0.39, 0.29) is 5.82 Å². The molecule has 0 saturated heterocycles. The molecule has 0 fully saturated rings. The molecular formula is C16H17BrFNS. The van der Waals surface area contributed by atoms with Gasteiger partial charge in [-0.05, 0) is 54.9 Å². The predicted molar refractivity (Wildman–Crippen MR) is 86.7 cm³/mol. The third-order valence-electron chi connectivity index (χ3n) is 2.79. The van der Waals surface area contributed by atoms with Crippen molar-refractivity contribution in [2.45, 2.75) is 29.7 Å². The maximum Gasteiger partial charge on any atom is 0.124 e. The van der Waals surface area contributed by atoms with Crippen molar-refractivity contribution in [1.29, 1.82) is 0 Å². The molecule has 0 aromatic heterocycles. The molecule has 2 aromatic carbocycles. The topological polar surface area (TPSA) is 12.0 Å². The average Bonchev–Trinajstić information content (AvgIpc) is 2.42. The quantitative estimate of drug-likeness (QED) is 0.712. The van der Waals surface area contributed by atoms with Gasteiger partial charge in [-0.1, -0.05) is 40.7 Å². The van der Waals surface area contributed by atoms with E-state index < -0.39 is 0 Å². The molecule has 0 aliphatic heterocycles. The highest BCUT2D eigenvalue weighted by Crippen LogP contribution is 2.32. The fourth-order valence-electron chi connectivity index (χ4n) is 1.84. The minimum absolute atomic E-state index is 0.197. The van der Waals surface area contributed by atoms with Crippen molar-refractivity contribution in [1.82, 2.24) is 5.32 Å². The van der Waals surface area contributed by atoms with Gasteiger partial charge in [0.15, 0.2) is 0 Å². The van der Waals surface area contributed by atoms with Gasteiger partial charge in [-0.15, -0.1) is 0 Å². The summed E-state index contributed by atoms with van der Waals surface area (Å²) in [7, 11) is 0. The maximum absolute atomic E-state index is 13.2. The zero-order chi connectivity index (χ0) is 14.4. The van der Waals surface area contributed by atoms with Crippen LogP contribution in [0.2, 0.25) is 0 Å². The predicted octanol–water partition coefficient (Wildman–Crippen LogP) is 5.24. The van der Waals surface area contributed by atoms with Crippen molar-refractivity contribution in [3.8, 4) is 0 Å². The van der Waals surface area contributed by atoms with Crippen LogP contribution in [-0.2, 0) is 6.54 Å². The molecule has 2 aromatic rings. The Bertz CT molecular complexity index is 574. The molecule has 0 amide bonds. The maximum atomic E-state index is 13.2. The fourth-order valence-corrected chi connectivity index (χ4v) is 3.22. The third-order valence-corrected chi connectivity index (χ3v) is 4.39. The van der Waals surface area contributed by atoms with Crippen molar-refractivity contribution in [2.24, 2.45) is 0 Å². The van der Waals surface area contributed by atoms with E-state index in [1.165, 1.54) is 11.6 Å². The fraction of sp³-hybridized carbons (Fsp3) is 0.250. The van der Waals surface area contributed by atoms with Crippen LogP contribution in [0, 0.1) is 5.82 Å². The number of hydrogen-bond donors (Lipinski definition) is 1. The molecule has 0 saturated carbocycles. The highest BCUT2D eigenvalue weighted by Gasteiger charge is 2.06. The molecule has 2 rings (SSSR count). The highest BCUT2D eigenvalue weighted by atomic mass is 79.9. The van der Waals surface area contributed by atoms with Gasteiger partial charge >= 0.3 is 0 Å². The first-order valence-electron chi connectivity index (χ1n) is 6.61. The minimum atomic E-state index is -0.197. The third kappa shape index (κ3) is 4.62. The van der Waals surface area contributed by atoms with E-state index in [1.807, 2.05) is 12.1 Å². The Morgan fingerprint density at radius 3 is 2.80 bits per heavy atom. The summed E-state index contributed by atoms with van der Waals surface area (Å²) >= 11 is 5.10. The van der Waals surface area contributed by atoms with E-state index in [1.54, 1.807) is 23.9 Å². The molecule has 0 aliphatic carbocycles. The second kappa shape index (κ2) is 7.81. The molecule has 1 N–H and O–H groups in total. The van der Waals surface area contributed by atoms with Gasteiger partial charge in [-0.2, -0.15) is 0 Å². The summed E-state index contributed by atoms with van der Waals surface area (Å²) in [4.78, 5) is 2.08. The summed E-state index contributed by atoms with van der Waals surface area (Å²) in [5.74, 6) is -0.197. The molecule has 0 unspecified atom stereocenters. The number of hydrogen-bond acceptors (Lipinski definition) is 2. The molecule has 0 spiro atoms. The van der Waals surface area contributed by atoms with Gasteiger partial charge in [0.2, 0.25) is 0 Å². The summed E-state index contributed by atoms with van der Waals surface area (Å²) in [5.41, 5.74) is 1.22. The average molecular weight is 354 g/mol. The highest BCUT2D eigenvalue weighted by molar-refractivity contribution is 9.10. The zero-order valence-corrected chi connectivity index (χ0v) is 13.7. The first-order valence-corrected chi connectivity index (χ1v) is 8.22. The van der Waals surface area contributed by atoms with Crippen molar-refractivity contribution >= 4 is 27.7 Å². The molecule has 20 heavy (non-hydrogen) atoms. The SMILES string of the molecule is CCCNCc1cc(Br)ccc1Sc1cccc(F)c1. The van der Waals surface area contributed by atoms with Gasteiger partial charge in [0, 0.05) is 20.8 Å². The van der Waals surface area contributed by atoms with Crippen molar-refractivity contribution in [2.75, 3.05) is 6.54 Å². The van der Waals surface area contributed by atoms with Crippen LogP contribution in [0.5, 0.6) is 0 Å². The Kier molecular flexibility index (Phi) is 6.07. The van der Waals surface area contributed by atoms with Gasteiger partial charge in [0.25, 0.3) is 0 Å². The number of benzene rings is 2. The molecule has 4 heteroatoms. The van der Waals surface area contributed by atoms with Crippen LogP contribution in [0.25, 0.3) is 0 Å². The van der Waals surface area contributed by atoms with E-state index in [0.29, 0.717) is 0 Å². The zero-order valence-electron chi connectivity index (χ0n) is 11.3. The molecule has 0 aliphatic rings. The van der Waals surface area contributed by atoms with Crippen LogP contribution in [0.4, 0.5) is 4.39 Å². The number of nitrogens with one attached hydrogen (secondary N) is 1. The van der Waals surface area contributed by atoms with Crippen molar-refractivity contribution in [3.05, 3.63) is 58.3 Å². The van der Waals surface area contributed by atoms with Crippen molar-refractivity contribution in [3.63, 3.8) is 0 Å². The van der Waals surface area contributed by atoms with Crippen LogP contribution in [-0.4, -0.2) is 6.54 Å². The van der Waals surface area contributed by atoms with Crippen LogP contribution in [0.1, 0.15) is 18.9 Å². The monoisotopic (exact) mass is 353 g/mol. The smallest absolute Gasteiger partial charge is 0.124 e. The second-order valence-corrected chi connectivity index (χ2v) is 6.52. The molecule has 1 nitrogen and oxygen atoms in total. The van der Waals surface area contributed by atoms with Gasteiger partial charge in [0.05, 0.1) is 0 Å². The van der Waals surface area contributed by atoms with E-state index in [2.05, 4.69) is 40.3 Å². The number of rotatable bonds is 6. The Balaban J connectivity index is 2.17. The van der Waals surface area contributed by atoms with Crippen LogP contribution < -0.4 is 5.32 Å². The Morgan fingerprint density at radius 1 is 1.20 bits per heavy atom. The lowest BCUT2D eigenvalue weighted by Crippen LogP contribution is -2.14. The molecule has 0 bridgehead atoms. The second-order valence-electron chi connectivity index (χ2n) is 4.49. The van der Waals surface area contributed by atoms with E-state index >= 15 is 0 Å². The molecule has 106 valence electrons.